The number of pyridine rings is 1. The molecular formula is C20H21ClN6O. The van der Waals surface area contributed by atoms with Crippen LogP contribution in [-0.4, -0.2) is 37.8 Å². The molecule has 1 saturated heterocycles. The third kappa shape index (κ3) is 3.63. The number of benzene rings is 1. The van der Waals surface area contributed by atoms with E-state index in [0.717, 1.165) is 48.3 Å². The normalized spacial score (nSPS) is 16.4. The highest BCUT2D eigenvalue weighted by molar-refractivity contribution is 5.85. The summed E-state index contributed by atoms with van der Waals surface area (Å²) in [6.07, 6.45) is 6.71. The zero-order valence-corrected chi connectivity index (χ0v) is 16.1. The van der Waals surface area contributed by atoms with Gasteiger partial charge in [-0.25, -0.2) is 9.97 Å². The van der Waals surface area contributed by atoms with Gasteiger partial charge in [0, 0.05) is 18.2 Å². The first-order valence-corrected chi connectivity index (χ1v) is 9.29. The number of aryl methyl sites for hydroxylation is 1. The van der Waals surface area contributed by atoms with Gasteiger partial charge >= 0.3 is 0 Å². The van der Waals surface area contributed by atoms with Crippen molar-refractivity contribution in [1.29, 1.82) is 0 Å². The number of hydrogen-bond donors (Lipinski definition) is 1. The van der Waals surface area contributed by atoms with Gasteiger partial charge in [0.05, 0.1) is 11.0 Å². The molecule has 1 atom stereocenters. The molecule has 4 heterocycles. The predicted octanol–water partition coefficient (Wildman–Crippen LogP) is 3.43. The number of aromatic nitrogens is 5. The van der Waals surface area contributed by atoms with Gasteiger partial charge in [0.15, 0.2) is 0 Å². The van der Waals surface area contributed by atoms with Gasteiger partial charge in [-0.2, -0.15) is 4.98 Å². The Balaban J connectivity index is 0.00000192. The second kappa shape index (κ2) is 8.08. The Morgan fingerprint density at radius 3 is 2.89 bits per heavy atom. The first kappa shape index (κ1) is 18.6. The number of fused-ring (bicyclic) bond motifs is 1. The fraction of sp³-hybridized carbons (Fsp3) is 0.300. The standard InChI is InChI=1S/C20H20N6O.ClH/c1-2-4-17-16(3-1)23-13-26(17)18-7-6-15(12-22-18)20-24-19(27-25-20)8-5-14-9-10-21-11-14;/h1-4,6-7,12-14,21H,5,8-11H2;1H. The molecule has 5 rings (SSSR count). The van der Waals surface area contributed by atoms with Gasteiger partial charge in [-0.1, -0.05) is 17.3 Å². The van der Waals surface area contributed by atoms with Crippen molar-refractivity contribution >= 4 is 23.4 Å². The largest absolute Gasteiger partial charge is 0.339 e. The highest BCUT2D eigenvalue weighted by Crippen LogP contribution is 2.21. The predicted molar refractivity (Wildman–Crippen MR) is 109 cm³/mol. The molecule has 1 unspecified atom stereocenters. The first-order chi connectivity index (χ1) is 13.4. The molecule has 1 aliphatic heterocycles. The molecule has 0 spiro atoms. The van der Waals surface area contributed by atoms with Crippen molar-refractivity contribution in [2.75, 3.05) is 13.1 Å². The number of hydrogen-bond acceptors (Lipinski definition) is 6. The highest BCUT2D eigenvalue weighted by Gasteiger charge is 2.16. The molecule has 8 heteroatoms. The van der Waals surface area contributed by atoms with Crippen LogP contribution in [0.3, 0.4) is 0 Å². The number of imidazole rings is 1. The van der Waals surface area contributed by atoms with Crippen molar-refractivity contribution in [2.24, 2.45) is 5.92 Å². The fourth-order valence-electron chi connectivity index (χ4n) is 3.56. The number of nitrogens with zero attached hydrogens (tertiary/aromatic N) is 5. The highest BCUT2D eigenvalue weighted by atomic mass is 35.5. The molecule has 0 aliphatic carbocycles. The van der Waals surface area contributed by atoms with Crippen molar-refractivity contribution < 1.29 is 4.52 Å². The zero-order valence-electron chi connectivity index (χ0n) is 15.3. The monoisotopic (exact) mass is 396 g/mol. The summed E-state index contributed by atoms with van der Waals surface area (Å²) in [5.41, 5.74) is 2.82. The van der Waals surface area contributed by atoms with Crippen LogP contribution in [0.25, 0.3) is 28.2 Å². The number of para-hydroxylation sites is 2. The molecule has 1 aromatic carbocycles. The minimum Gasteiger partial charge on any atom is -0.339 e. The van der Waals surface area contributed by atoms with E-state index in [4.69, 9.17) is 4.52 Å². The number of rotatable bonds is 5. The maximum Gasteiger partial charge on any atom is 0.226 e. The van der Waals surface area contributed by atoms with Crippen LogP contribution in [-0.2, 0) is 6.42 Å². The quantitative estimate of drug-likeness (QED) is 0.556. The van der Waals surface area contributed by atoms with E-state index in [9.17, 15) is 0 Å². The lowest BCUT2D eigenvalue weighted by atomic mass is 10.0. The Morgan fingerprint density at radius 2 is 2.07 bits per heavy atom. The van der Waals surface area contributed by atoms with Gasteiger partial charge in [-0.3, -0.25) is 4.57 Å². The molecule has 0 saturated carbocycles. The second-order valence-corrected chi connectivity index (χ2v) is 6.92. The molecule has 28 heavy (non-hydrogen) atoms. The van der Waals surface area contributed by atoms with Gasteiger partial charge in [0.25, 0.3) is 0 Å². The van der Waals surface area contributed by atoms with E-state index in [-0.39, 0.29) is 12.4 Å². The smallest absolute Gasteiger partial charge is 0.226 e. The van der Waals surface area contributed by atoms with Crippen LogP contribution in [0.5, 0.6) is 0 Å². The Kier molecular flexibility index (Phi) is 5.36. The van der Waals surface area contributed by atoms with Gasteiger partial charge in [0.1, 0.15) is 12.1 Å². The maximum absolute atomic E-state index is 5.41. The molecule has 0 amide bonds. The molecule has 7 nitrogen and oxygen atoms in total. The van der Waals surface area contributed by atoms with Crippen LogP contribution in [0.2, 0.25) is 0 Å². The van der Waals surface area contributed by atoms with Crippen molar-refractivity contribution in [3.8, 4) is 17.2 Å². The van der Waals surface area contributed by atoms with E-state index in [2.05, 4.69) is 25.4 Å². The lowest BCUT2D eigenvalue weighted by Gasteiger charge is -2.04. The molecule has 4 aromatic rings. The van der Waals surface area contributed by atoms with E-state index in [0.29, 0.717) is 17.6 Å². The van der Waals surface area contributed by atoms with Crippen molar-refractivity contribution in [3.63, 3.8) is 0 Å². The summed E-state index contributed by atoms with van der Waals surface area (Å²) in [7, 11) is 0. The van der Waals surface area contributed by atoms with Gasteiger partial charge < -0.3 is 9.84 Å². The van der Waals surface area contributed by atoms with Crippen LogP contribution in [0.15, 0.2) is 53.4 Å². The minimum atomic E-state index is 0. The summed E-state index contributed by atoms with van der Waals surface area (Å²) >= 11 is 0. The summed E-state index contributed by atoms with van der Waals surface area (Å²) in [6, 6.07) is 11.9. The Bertz CT molecular complexity index is 1050. The van der Waals surface area contributed by atoms with E-state index in [1.165, 1.54) is 6.42 Å². The third-order valence-corrected chi connectivity index (χ3v) is 5.10. The Morgan fingerprint density at radius 1 is 1.14 bits per heavy atom. The molecule has 3 aromatic heterocycles. The number of nitrogens with one attached hydrogen (secondary N) is 1. The fourth-order valence-corrected chi connectivity index (χ4v) is 3.56. The third-order valence-electron chi connectivity index (χ3n) is 5.10. The topological polar surface area (TPSA) is 81.7 Å². The van der Waals surface area contributed by atoms with Crippen LogP contribution in [0, 0.1) is 5.92 Å². The molecule has 1 aliphatic rings. The van der Waals surface area contributed by atoms with Crippen LogP contribution in [0.4, 0.5) is 0 Å². The first-order valence-electron chi connectivity index (χ1n) is 9.29. The van der Waals surface area contributed by atoms with E-state index in [1.54, 1.807) is 12.5 Å². The van der Waals surface area contributed by atoms with Gasteiger partial charge in [-0.15, -0.1) is 12.4 Å². The summed E-state index contributed by atoms with van der Waals surface area (Å²) in [5.74, 6) is 2.81. The Labute approximate surface area is 168 Å². The van der Waals surface area contributed by atoms with Crippen molar-refractivity contribution in [2.45, 2.75) is 19.3 Å². The van der Waals surface area contributed by atoms with E-state index in [1.807, 2.05) is 41.0 Å². The van der Waals surface area contributed by atoms with Gasteiger partial charge in [0.2, 0.25) is 11.7 Å². The minimum absolute atomic E-state index is 0. The molecule has 1 N–H and O–H groups in total. The average Bonchev–Trinajstić information content (AvgIpc) is 3.47. The second-order valence-electron chi connectivity index (χ2n) is 6.92. The zero-order chi connectivity index (χ0) is 18.1. The molecule has 144 valence electrons. The number of halogens is 1. The summed E-state index contributed by atoms with van der Waals surface area (Å²) in [6.45, 7) is 2.21. The molecule has 1 fully saturated rings. The SMILES string of the molecule is Cl.c1ccc2c(c1)ncn2-c1ccc(-c2noc(CCC3CCNC3)n2)cn1. The van der Waals surface area contributed by atoms with Crippen molar-refractivity contribution in [3.05, 3.63) is 54.8 Å². The summed E-state index contributed by atoms with van der Waals surface area (Å²) in [5, 5.41) is 7.50. The van der Waals surface area contributed by atoms with Crippen LogP contribution < -0.4 is 5.32 Å². The van der Waals surface area contributed by atoms with E-state index >= 15 is 0 Å². The molecule has 0 radical (unpaired) electrons. The van der Waals surface area contributed by atoms with Crippen LogP contribution >= 0.6 is 12.4 Å². The maximum atomic E-state index is 5.41. The van der Waals surface area contributed by atoms with Crippen molar-refractivity contribution in [1.82, 2.24) is 30.0 Å². The summed E-state index contributed by atoms with van der Waals surface area (Å²) in [4.78, 5) is 13.5. The molecule has 0 bridgehead atoms. The Hall–Kier alpha value is -2.77. The summed E-state index contributed by atoms with van der Waals surface area (Å²) < 4.78 is 7.38. The average molecular weight is 397 g/mol. The molecular weight excluding hydrogens is 376 g/mol. The van der Waals surface area contributed by atoms with Crippen LogP contribution in [0.1, 0.15) is 18.7 Å². The lowest BCUT2D eigenvalue weighted by Crippen LogP contribution is -2.09. The van der Waals surface area contributed by atoms with Gasteiger partial charge in [-0.05, 0) is 56.1 Å². The lowest BCUT2D eigenvalue weighted by molar-refractivity contribution is 0.365. The van der Waals surface area contributed by atoms with E-state index < -0.39 is 0 Å².